The Morgan fingerprint density at radius 3 is 2.87 bits per heavy atom. The maximum atomic E-state index is 12.5. The minimum atomic E-state index is -0.152. The van der Waals surface area contributed by atoms with Crippen LogP contribution in [0, 0.1) is 0 Å². The predicted octanol–water partition coefficient (Wildman–Crippen LogP) is 4.48. The highest BCUT2D eigenvalue weighted by Crippen LogP contribution is 2.29. The van der Waals surface area contributed by atoms with E-state index in [0.29, 0.717) is 16.8 Å². The number of carbonyl (C=O) groups is 1. The van der Waals surface area contributed by atoms with E-state index in [0.717, 1.165) is 27.4 Å². The SMILES string of the molecule is C=CCn1c(SCC(=O)Nc2nc3ccc(OC)cc3s2)nnc1-c1ccccc1. The molecule has 0 bridgehead atoms. The van der Waals surface area contributed by atoms with Gasteiger partial charge in [0, 0.05) is 12.1 Å². The third kappa shape index (κ3) is 4.37. The topological polar surface area (TPSA) is 81.9 Å². The van der Waals surface area contributed by atoms with Crippen LogP contribution in [-0.2, 0) is 11.3 Å². The molecule has 9 heteroatoms. The number of methoxy groups -OCH3 is 1. The highest BCUT2D eigenvalue weighted by atomic mass is 32.2. The number of nitrogens with one attached hydrogen (secondary N) is 1. The van der Waals surface area contributed by atoms with Crippen LogP contribution < -0.4 is 10.1 Å². The van der Waals surface area contributed by atoms with Gasteiger partial charge >= 0.3 is 0 Å². The molecule has 0 aliphatic heterocycles. The Kier molecular flexibility index (Phi) is 6.10. The molecule has 4 rings (SSSR count). The van der Waals surface area contributed by atoms with Crippen molar-refractivity contribution in [2.24, 2.45) is 0 Å². The van der Waals surface area contributed by atoms with Crippen molar-refractivity contribution in [2.75, 3.05) is 18.2 Å². The van der Waals surface area contributed by atoms with Gasteiger partial charge in [-0.3, -0.25) is 9.36 Å². The van der Waals surface area contributed by atoms with E-state index in [2.05, 4.69) is 27.1 Å². The van der Waals surface area contributed by atoms with Gasteiger partial charge in [0.2, 0.25) is 5.91 Å². The number of hydrogen-bond donors (Lipinski definition) is 1. The zero-order valence-electron chi connectivity index (χ0n) is 16.2. The maximum Gasteiger partial charge on any atom is 0.236 e. The van der Waals surface area contributed by atoms with Crippen LogP contribution in [0.5, 0.6) is 5.75 Å². The van der Waals surface area contributed by atoms with Gasteiger partial charge in [-0.05, 0) is 18.2 Å². The van der Waals surface area contributed by atoms with Crippen molar-refractivity contribution in [1.29, 1.82) is 0 Å². The van der Waals surface area contributed by atoms with Crippen LogP contribution >= 0.6 is 23.1 Å². The molecule has 0 radical (unpaired) electrons. The Balaban J connectivity index is 1.45. The average Bonchev–Trinajstić information content (AvgIpc) is 3.35. The van der Waals surface area contributed by atoms with E-state index in [1.807, 2.05) is 53.1 Å². The standard InChI is InChI=1S/C21H19N5O2S2/c1-3-11-26-19(14-7-5-4-6-8-14)24-25-21(26)29-13-18(27)23-20-22-16-10-9-15(28-2)12-17(16)30-20/h3-10,12H,1,11,13H2,2H3,(H,22,23,27). The van der Waals surface area contributed by atoms with Gasteiger partial charge in [0.15, 0.2) is 16.1 Å². The summed E-state index contributed by atoms with van der Waals surface area (Å²) in [6.45, 7) is 4.37. The first-order valence-corrected chi connectivity index (χ1v) is 10.9. The van der Waals surface area contributed by atoms with Crippen LogP contribution in [0.25, 0.3) is 21.6 Å². The minimum Gasteiger partial charge on any atom is -0.497 e. The molecule has 2 aromatic heterocycles. The first-order chi connectivity index (χ1) is 14.7. The van der Waals surface area contributed by atoms with Gasteiger partial charge in [0.25, 0.3) is 0 Å². The fraction of sp³-hybridized carbons (Fsp3) is 0.143. The van der Waals surface area contributed by atoms with Crippen LogP contribution in [0.2, 0.25) is 0 Å². The van der Waals surface area contributed by atoms with Gasteiger partial charge in [0.05, 0.1) is 23.1 Å². The fourth-order valence-corrected chi connectivity index (χ4v) is 4.52. The molecule has 0 saturated carbocycles. The van der Waals surface area contributed by atoms with Gasteiger partial charge in [-0.1, -0.05) is 59.5 Å². The number of fused-ring (bicyclic) bond motifs is 1. The lowest BCUT2D eigenvalue weighted by Gasteiger charge is -2.07. The summed E-state index contributed by atoms with van der Waals surface area (Å²) in [7, 11) is 1.62. The van der Waals surface area contributed by atoms with E-state index in [-0.39, 0.29) is 11.7 Å². The lowest BCUT2D eigenvalue weighted by molar-refractivity contribution is -0.113. The molecule has 1 amide bonds. The molecule has 4 aromatic rings. The van der Waals surface area contributed by atoms with Gasteiger partial charge in [-0.25, -0.2) is 4.98 Å². The molecule has 0 fully saturated rings. The number of ether oxygens (including phenoxy) is 1. The summed E-state index contributed by atoms with van der Waals surface area (Å²) >= 11 is 2.74. The van der Waals surface area contributed by atoms with E-state index < -0.39 is 0 Å². The van der Waals surface area contributed by atoms with E-state index in [1.54, 1.807) is 13.2 Å². The summed E-state index contributed by atoms with van der Waals surface area (Å²) in [5, 5.41) is 12.6. The van der Waals surface area contributed by atoms with Crippen LogP contribution in [0.1, 0.15) is 0 Å². The zero-order chi connectivity index (χ0) is 20.9. The summed E-state index contributed by atoms with van der Waals surface area (Å²) < 4.78 is 8.13. The van der Waals surface area contributed by atoms with Gasteiger partial charge in [-0.15, -0.1) is 16.8 Å². The first-order valence-electron chi connectivity index (χ1n) is 9.14. The van der Waals surface area contributed by atoms with Crippen LogP contribution in [-0.4, -0.2) is 38.5 Å². The first kappa shape index (κ1) is 20.1. The Hall–Kier alpha value is -3.17. The lowest BCUT2D eigenvalue weighted by atomic mass is 10.2. The number of thiazole rings is 1. The largest absolute Gasteiger partial charge is 0.497 e. The molecule has 30 heavy (non-hydrogen) atoms. The molecule has 0 aliphatic carbocycles. The van der Waals surface area contributed by atoms with Crippen molar-refractivity contribution in [3.05, 3.63) is 61.2 Å². The van der Waals surface area contributed by atoms with Crippen LogP contribution in [0.4, 0.5) is 5.13 Å². The molecular formula is C21H19N5O2S2. The number of thioether (sulfide) groups is 1. The molecule has 0 atom stereocenters. The molecule has 0 spiro atoms. The molecule has 0 aliphatic rings. The summed E-state index contributed by atoms with van der Waals surface area (Å²) in [5.74, 6) is 1.55. The molecule has 2 aromatic carbocycles. The van der Waals surface area contributed by atoms with E-state index in [4.69, 9.17) is 4.74 Å². The number of rotatable bonds is 8. The Morgan fingerprint density at radius 2 is 2.10 bits per heavy atom. The maximum absolute atomic E-state index is 12.5. The molecule has 1 N–H and O–H groups in total. The van der Waals surface area contributed by atoms with Crippen molar-refractivity contribution in [3.8, 4) is 17.1 Å². The lowest BCUT2D eigenvalue weighted by Crippen LogP contribution is -2.14. The summed E-state index contributed by atoms with van der Waals surface area (Å²) in [6, 6.07) is 15.4. The van der Waals surface area contributed by atoms with E-state index >= 15 is 0 Å². The monoisotopic (exact) mass is 437 g/mol. The minimum absolute atomic E-state index is 0.152. The van der Waals surface area contributed by atoms with E-state index in [9.17, 15) is 4.79 Å². The summed E-state index contributed by atoms with van der Waals surface area (Å²) in [4.78, 5) is 16.9. The van der Waals surface area contributed by atoms with Gasteiger partial charge in [0.1, 0.15) is 5.75 Å². The second kappa shape index (κ2) is 9.10. The third-order valence-electron chi connectivity index (χ3n) is 4.23. The van der Waals surface area contributed by atoms with E-state index in [1.165, 1.54) is 23.1 Å². The summed E-state index contributed by atoms with van der Waals surface area (Å²) in [6.07, 6.45) is 1.79. The van der Waals surface area contributed by atoms with Crippen LogP contribution in [0.15, 0.2) is 66.3 Å². The zero-order valence-corrected chi connectivity index (χ0v) is 17.9. The molecule has 2 heterocycles. The van der Waals surface area contributed by atoms with Crippen molar-refractivity contribution >= 4 is 44.4 Å². The number of amides is 1. The fourth-order valence-electron chi connectivity index (χ4n) is 2.86. The number of aromatic nitrogens is 4. The van der Waals surface area contributed by atoms with Crippen LogP contribution in [0.3, 0.4) is 0 Å². The number of carbonyl (C=O) groups excluding carboxylic acids is 1. The van der Waals surface area contributed by atoms with Crippen molar-refractivity contribution in [3.63, 3.8) is 0 Å². The molecular weight excluding hydrogens is 418 g/mol. The quantitative estimate of drug-likeness (QED) is 0.323. The second-order valence-corrected chi connectivity index (χ2v) is 8.23. The number of allylic oxidation sites excluding steroid dienone is 1. The highest BCUT2D eigenvalue weighted by Gasteiger charge is 2.15. The molecule has 152 valence electrons. The van der Waals surface area contributed by atoms with Gasteiger partial charge < -0.3 is 10.1 Å². The number of benzene rings is 2. The van der Waals surface area contributed by atoms with Crippen molar-refractivity contribution in [2.45, 2.75) is 11.7 Å². The Morgan fingerprint density at radius 1 is 1.27 bits per heavy atom. The number of nitrogens with zero attached hydrogens (tertiary/aromatic N) is 4. The smallest absolute Gasteiger partial charge is 0.236 e. The second-order valence-electron chi connectivity index (χ2n) is 6.26. The molecule has 0 unspecified atom stereocenters. The van der Waals surface area contributed by atoms with Crippen molar-refractivity contribution in [1.82, 2.24) is 19.7 Å². The highest BCUT2D eigenvalue weighted by molar-refractivity contribution is 7.99. The predicted molar refractivity (Wildman–Crippen MR) is 121 cm³/mol. The Bertz CT molecular complexity index is 1190. The average molecular weight is 438 g/mol. The normalized spacial score (nSPS) is 10.8. The molecule has 0 saturated heterocycles. The Labute approximate surface area is 181 Å². The molecule has 7 nitrogen and oxygen atoms in total. The summed E-state index contributed by atoms with van der Waals surface area (Å²) in [5.41, 5.74) is 1.79. The van der Waals surface area contributed by atoms with Gasteiger partial charge in [-0.2, -0.15) is 0 Å². The third-order valence-corrected chi connectivity index (χ3v) is 6.14. The number of anilines is 1. The van der Waals surface area contributed by atoms with Crippen molar-refractivity contribution < 1.29 is 9.53 Å². The number of hydrogen-bond acceptors (Lipinski definition) is 7.